The number of benzene rings is 2. The maximum atomic E-state index is 12.7. The van der Waals surface area contributed by atoms with E-state index in [2.05, 4.69) is 59.5 Å². The van der Waals surface area contributed by atoms with Crippen LogP contribution in [-0.4, -0.2) is 60.1 Å². The van der Waals surface area contributed by atoms with Gasteiger partial charge >= 0.3 is 0 Å². The van der Waals surface area contributed by atoms with Crippen LogP contribution < -0.4 is 0 Å². The zero-order valence-electron chi connectivity index (χ0n) is 17.4. The van der Waals surface area contributed by atoms with Crippen molar-refractivity contribution in [2.45, 2.75) is 44.3 Å². The molecule has 0 bridgehead atoms. The molecule has 0 radical (unpaired) electrons. The summed E-state index contributed by atoms with van der Waals surface area (Å²) in [5, 5.41) is 0. The number of morpholine rings is 1. The Bertz CT molecular complexity index is 785. The van der Waals surface area contributed by atoms with Crippen LogP contribution in [-0.2, 0) is 22.4 Å². The van der Waals surface area contributed by atoms with E-state index in [9.17, 15) is 4.79 Å². The Morgan fingerprint density at radius 2 is 1.45 bits per heavy atom. The number of ether oxygens (including phenoxy) is 1. The zero-order chi connectivity index (χ0) is 20.1. The first-order valence-corrected chi connectivity index (χ1v) is 10.9. The van der Waals surface area contributed by atoms with Gasteiger partial charge in [-0.05, 0) is 43.7 Å². The molecular formula is C25H32N2O2. The molecule has 0 aromatic heterocycles. The molecule has 1 atom stereocenters. The minimum atomic E-state index is -0.338. The van der Waals surface area contributed by atoms with Crippen LogP contribution in [0.5, 0.6) is 0 Å². The lowest BCUT2D eigenvalue weighted by Gasteiger charge is -2.49. The van der Waals surface area contributed by atoms with E-state index >= 15 is 0 Å². The van der Waals surface area contributed by atoms with Gasteiger partial charge < -0.3 is 14.5 Å². The van der Waals surface area contributed by atoms with E-state index in [0.717, 1.165) is 58.4 Å². The Morgan fingerprint density at radius 3 is 2.03 bits per heavy atom. The average Bonchev–Trinajstić information content (AvgIpc) is 2.76. The van der Waals surface area contributed by atoms with E-state index in [4.69, 9.17) is 4.74 Å². The Labute approximate surface area is 174 Å². The van der Waals surface area contributed by atoms with E-state index in [1.807, 2.05) is 17.9 Å². The second-order valence-corrected chi connectivity index (χ2v) is 8.52. The van der Waals surface area contributed by atoms with E-state index in [-0.39, 0.29) is 17.6 Å². The fraction of sp³-hybridized carbons (Fsp3) is 0.480. The highest BCUT2D eigenvalue weighted by molar-refractivity contribution is 5.81. The largest absolute Gasteiger partial charge is 0.360 e. The van der Waals surface area contributed by atoms with Gasteiger partial charge in [0.2, 0.25) is 0 Å². The van der Waals surface area contributed by atoms with Gasteiger partial charge in [0.15, 0.2) is 0 Å². The summed E-state index contributed by atoms with van der Waals surface area (Å²) in [6.45, 7) is 6.60. The Kier molecular flexibility index (Phi) is 6.31. The fourth-order valence-electron chi connectivity index (χ4n) is 4.64. The van der Waals surface area contributed by atoms with E-state index in [1.54, 1.807) is 0 Å². The minimum absolute atomic E-state index is 0.137. The first-order valence-electron chi connectivity index (χ1n) is 10.9. The van der Waals surface area contributed by atoms with E-state index < -0.39 is 0 Å². The second kappa shape index (κ2) is 9.10. The summed E-state index contributed by atoms with van der Waals surface area (Å²) in [4.78, 5) is 17.3. The Morgan fingerprint density at radius 1 is 0.897 bits per heavy atom. The third-order valence-corrected chi connectivity index (χ3v) is 6.41. The van der Waals surface area contributed by atoms with Gasteiger partial charge in [-0.1, -0.05) is 60.7 Å². The number of carbonyl (C=O) groups is 1. The topological polar surface area (TPSA) is 32.8 Å². The van der Waals surface area contributed by atoms with Gasteiger partial charge in [0, 0.05) is 32.7 Å². The maximum Gasteiger partial charge on any atom is 0.251 e. The molecule has 2 aliphatic rings. The van der Waals surface area contributed by atoms with Crippen LogP contribution in [0, 0.1) is 0 Å². The van der Waals surface area contributed by atoms with Crippen molar-refractivity contribution in [3.8, 4) is 0 Å². The number of hydrogen-bond donors (Lipinski definition) is 0. The van der Waals surface area contributed by atoms with Crippen molar-refractivity contribution < 1.29 is 9.53 Å². The fourth-order valence-corrected chi connectivity index (χ4v) is 4.64. The summed E-state index contributed by atoms with van der Waals surface area (Å²) in [6, 6.07) is 21.1. The lowest BCUT2D eigenvalue weighted by Crippen LogP contribution is -2.61. The molecule has 0 N–H and O–H groups in total. The molecule has 2 fully saturated rings. The van der Waals surface area contributed by atoms with Crippen molar-refractivity contribution in [1.82, 2.24) is 9.80 Å². The molecule has 2 aromatic rings. The van der Waals surface area contributed by atoms with Crippen LogP contribution in [0.3, 0.4) is 0 Å². The summed E-state index contributed by atoms with van der Waals surface area (Å²) >= 11 is 0. The summed E-state index contributed by atoms with van der Waals surface area (Å²) in [7, 11) is 0. The number of nitrogens with zero attached hydrogens (tertiary/aromatic N) is 2. The van der Waals surface area contributed by atoms with Gasteiger partial charge in [-0.25, -0.2) is 0 Å². The van der Waals surface area contributed by atoms with Crippen molar-refractivity contribution >= 4 is 5.91 Å². The van der Waals surface area contributed by atoms with Gasteiger partial charge in [-0.2, -0.15) is 0 Å². The predicted molar refractivity (Wildman–Crippen MR) is 116 cm³/mol. The normalized spacial score (nSPS) is 22.2. The van der Waals surface area contributed by atoms with Crippen LogP contribution in [0.1, 0.15) is 30.9 Å². The van der Waals surface area contributed by atoms with E-state index in [0.29, 0.717) is 0 Å². The van der Waals surface area contributed by atoms with Crippen molar-refractivity contribution in [2.24, 2.45) is 0 Å². The molecule has 4 nitrogen and oxygen atoms in total. The van der Waals surface area contributed by atoms with Crippen LogP contribution >= 0.6 is 0 Å². The maximum absolute atomic E-state index is 12.7. The molecule has 2 aromatic carbocycles. The molecule has 2 aliphatic heterocycles. The van der Waals surface area contributed by atoms with Gasteiger partial charge in [-0.15, -0.1) is 0 Å². The monoisotopic (exact) mass is 392 g/mol. The zero-order valence-corrected chi connectivity index (χ0v) is 17.4. The van der Waals surface area contributed by atoms with Crippen LogP contribution in [0.15, 0.2) is 60.7 Å². The third-order valence-electron chi connectivity index (χ3n) is 6.41. The molecule has 1 amide bonds. The summed E-state index contributed by atoms with van der Waals surface area (Å²) in [5.41, 5.74) is 2.50. The second-order valence-electron chi connectivity index (χ2n) is 8.52. The van der Waals surface area contributed by atoms with Crippen LogP contribution in [0.4, 0.5) is 0 Å². The van der Waals surface area contributed by atoms with Gasteiger partial charge in [0.25, 0.3) is 5.91 Å². The predicted octanol–water partition coefficient (Wildman–Crippen LogP) is 3.55. The SMILES string of the molecule is CC1OC2(CCN(CCc3ccccc3)CC2)CN(CCc2ccccc2)C1=O. The van der Waals surface area contributed by atoms with Crippen LogP contribution in [0.2, 0.25) is 0 Å². The lowest BCUT2D eigenvalue weighted by atomic mass is 9.88. The first kappa shape index (κ1) is 20.1. The minimum Gasteiger partial charge on any atom is -0.360 e. The number of amides is 1. The summed E-state index contributed by atoms with van der Waals surface area (Å²) in [6.07, 6.45) is 3.66. The summed E-state index contributed by atoms with van der Waals surface area (Å²) < 4.78 is 6.30. The first-order chi connectivity index (χ1) is 14.1. The molecule has 29 heavy (non-hydrogen) atoms. The average molecular weight is 393 g/mol. The Balaban J connectivity index is 1.31. The number of carbonyl (C=O) groups excluding carboxylic acids is 1. The highest BCUT2D eigenvalue weighted by atomic mass is 16.5. The smallest absolute Gasteiger partial charge is 0.251 e. The van der Waals surface area contributed by atoms with Gasteiger partial charge in [-0.3, -0.25) is 4.79 Å². The quantitative estimate of drug-likeness (QED) is 0.754. The molecule has 4 heteroatoms. The Hall–Kier alpha value is -2.17. The molecule has 4 rings (SSSR count). The molecule has 2 saturated heterocycles. The van der Waals surface area contributed by atoms with E-state index in [1.165, 1.54) is 11.1 Å². The molecule has 2 heterocycles. The van der Waals surface area contributed by atoms with Crippen molar-refractivity contribution in [1.29, 1.82) is 0 Å². The van der Waals surface area contributed by atoms with Crippen LogP contribution in [0.25, 0.3) is 0 Å². The van der Waals surface area contributed by atoms with Gasteiger partial charge in [0.1, 0.15) is 6.10 Å². The molecular weight excluding hydrogens is 360 g/mol. The van der Waals surface area contributed by atoms with Gasteiger partial charge in [0.05, 0.1) is 5.60 Å². The van der Waals surface area contributed by atoms with Crippen molar-refractivity contribution in [3.05, 3.63) is 71.8 Å². The van der Waals surface area contributed by atoms with Crippen molar-refractivity contribution in [3.63, 3.8) is 0 Å². The standard InChI is InChI=1S/C25H32N2O2/c1-21-24(28)27(17-13-23-10-6-3-7-11-23)20-25(29-21)14-18-26(19-15-25)16-12-22-8-4-2-5-9-22/h2-11,21H,12-20H2,1H3. The summed E-state index contributed by atoms with van der Waals surface area (Å²) in [5.74, 6) is 0.137. The van der Waals surface area contributed by atoms with Crippen molar-refractivity contribution in [2.75, 3.05) is 32.7 Å². The highest BCUT2D eigenvalue weighted by Crippen LogP contribution is 2.33. The molecule has 1 unspecified atom stereocenters. The molecule has 1 spiro atoms. The molecule has 154 valence electrons. The number of rotatable bonds is 6. The molecule has 0 saturated carbocycles. The number of hydrogen-bond acceptors (Lipinski definition) is 3. The molecule has 0 aliphatic carbocycles. The lowest BCUT2D eigenvalue weighted by molar-refractivity contribution is -0.189. The number of likely N-dealkylation sites (tertiary alicyclic amines) is 1. The highest BCUT2D eigenvalue weighted by Gasteiger charge is 2.44. The third kappa shape index (κ3) is 5.06. The number of piperidine rings is 1.